The third-order valence-corrected chi connectivity index (χ3v) is 4.21. The minimum atomic E-state index is 0.242. The Morgan fingerprint density at radius 2 is 2.12 bits per heavy atom. The molecule has 94 valence electrons. The molecule has 1 aliphatic heterocycles. The number of rotatable bonds is 8. The molecule has 16 heavy (non-hydrogen) atoms. The van der Waals surface area contributed by atoms with Crippen molar-refractivity contribution in [2.24, 2.45) is 0 Å². The van der Waals surface area contributed by atoms with Crippen LogP contribution in [-0.4, -0.2) is 60.3 Å². The first-order valence-electron chi connectivity index (χ1n) is 6.13. The van der Waals surface area contributed by atoms with Crippen LogP contribution in [0.5, 0.6) is 0 Å². The molecule has 1 aliphatic rings. The monoisotopic (exact) mass is 244 g/mol. The first kappa shape index (κ1) is 14.0. The number of nitrogens with one attached hydrogen (secondary N) is 1. The number of piperidine rings is 1. The SMILES string of the molecule is C=CCN(CCO)CCSC1CCNCC1. The predicted molar refractivity (Wildman–Crippen MR) is 72.1 cm³/mol. The Hall–Kier alpha value is -0.0300. The van der Waals surface area contributed by atoms with Crippen LogP contribution in [0.15, 0.2) is 12.7 Å². The molecular formula is C12H24N2OS. The molecule has 3 nitrogen and oxygen atoms in total. The second-order valence-electron chi connectivity index (χ2n) is 4.13. The minimum absolute atomic E-state index is 0.242. The molecule has 0 aliphatic carbocycles. The number of thioether (sulfide) groups is 1. The van der Waals surface area contributed by atoms with Gasteiger partial charge >= 0.3 is 0 Å². The Morgan fingerprint density at radius 3 is 2.75 bits per heavy atom. The van der Waals surface area contributed by atoms with E-state index in [1.807, 2.05) is 6.08 Å². The van der Waals surface area contributed by atoms with E-state index in [1.165, 1.54) is 31.7 Å². The van der Waals surface area contributed by atoms with E-state index in [2.05, 4.69) is 28.6 Å². The zero-order valence-electron chi connectivity index (χ0n) is 10.0. The van der Waals surface area contributed by atoms with Gasteiger partial charge in [0.05, 0.1) is 6.61 Å². The molecule has 0 aromatic rings. The molecule has 1 fully saturated rings. The molecule has 0 spiro atoms. The summed E-state index contributed by atoms with van der Waals surface area (Å²) in [4.78, 5) is 2.25. The van der Waals surface area contributed by atoms with Gasteiger partial charge in [-0.1, -0.05) is 6.08 Å². The second kappa shape index (κ2) is 9.05. The van der Waals surface area contributed by atoms with Crippen LogP contribution in [0.4, 0.5) is 0 Å². The molecule has 0 bridgehead atoms. The van der Waals surface area contributed by atoms with Crippen molar-refractivity contribution in [2.45, 2.75) is 18.1 Å². The van der Waals surface area contributed by atoms with E-state index in [-0.39, 0.29) is 6.61 Å². The molecule has 0 aromatic heterocycles. The van der Waals surface area contributed by atoms with E-state index in [0.717, 1.165) is 24.9 Å². The maximum absolute atomic E-state index is 8.92. The minimum Gasteiger partial charge on any atom is -0.395 e. The van der Waals surface area contributed by atoms with Gasteiger partial charge < -0.3 is 10.4 Å². The van der Waals surface area contributed by atoms with E-state index < -0.39 is 0 Å². The van der Waals surface area contributed by atoms with E-state index in [1.54, 1.807) is 0 Å². The average Bonchev–Trinajstić information content (AvgIpc) is 2.31. The molecule has 2 N–H and O–H groups in total. The lowest BCUT2D eigenvalue weighted by atomic mass is 10.2. The van der Waals surface area contributed by atoms with Crippen molar-refractivity contribution in [3.63, 3.8) is 0 Å². The number of aliphatic hydroxyl groups excluding tert-OH is 1. The van der Waals surface area contributed by atoms with Gasteiger partial charge in [0.1, 0.15) is 0 Å². The number of hydrogen-bond donors (Lipinski definition) is 2. The molecular weight excluding hydrogens is 220 g/mol. The van der Waals surface area contributed by atoms with Gasteiger partial charge in [-0.25, -0.2) is 0 Å². The Bertz CT molecular complexity index is 184. The summed E-state index contributed by atoms with van der Waals surface area (Å²) in [5, 5.41) is 13.1. The van der Waals surface area contributed by atoms with Crippen LogP contribution in [0, 0.1) is 0 Å². The molecule has 0 radical (unpaired) electrons. The Morgan fingerprint density at radius 1 is 1.38 bits per heavy atom. The highest BCUT2D eigenvalue weighted by Crippen LogP contribution is 2.19. The zero-order chi connectivity index (χ0) is 11.6. The molecule has 0 unspecified atom stereocenters. The molecule has 0 amide bonds. The third kappa shape index (κ3) is 5.89. The first-order chi connectivity index (χ1) is 7.86. The summed E-state index contributed by atoms with van der Waals surface area (Å²) in [5.41, 5.74) is 0. The van der Waals surface area contributed by atoms with Crippen LogP contribution in [0.25, 0.3) is 0 Å². The van der Waals surface area contributed by atoms with Crippen LogP contribution >= 0.6 is 11.8 Å². The fourth-order valence-electron chi connectivity index (χ4n) is 1.93. The molecule has 1 rings (SSSR count). The molecule has 1 heterocycles. The van der Waals surface area contributed by atoms with Gasteiger partial charge in [-0.15, -0.1) is 6.58 Å². The standard InChI is InChI=1S/C12H24N2OS/c1-2-7-14(8-10-15)9-11-16-12-3-5-13-6-4-12/h2,12-13,15H,1,3-11H2. The quantitative estimate of drug-likeness (QED) is 0.623. The number of nitrogens with zero attached hydrogens (tertiary/aromatic N) is 1. The van der Waals surface area contributed by atoms with Crippen LogP contribution in [0.3, 0.4) is 0 Å². The van der Waals surface area contributed by atoms with Crippen molar-refractivity contribution in [3.05, 3.63) is 12.7 Å². The highest BCUT2D eigenvalue weighted by atomic mass is 32.2. The highest BCUT2D eigenvalue weighted by Gasteiger charge is 2.13. The van der Waals surface area contributed by atoms with Crippen molar-refractivity contribution in [3.8, 4) is 0 Å². The van der Waals surface area contributed by atoms with Crippen LogP contribution < -0.4 is 5.32 Å². The molecule has 1 saturated heterocycles. The maximum atomic E-state index is 8.92. The van der Waals surface area contributed by atoms with Crippen molar-refractivity contribution in [1.29, 1.82) is 0 Å². The van der Waals surface area contributed by atoms with Gasteiger partial charge in [-0.3, -0.25) is 4.90 Å². The Kier molecular flexibility index (Phi) is 7.93. The summed E-state index contributed by atoms with van der Waals surface area (Å²) in [7, 11) is 0. The Labute approximate surface area is 103 Å². The van der Waals surface area contributed by atoms with Crippen molar-refractivity contribution >= 4 is 11.8 Å². The lowest BCUT2D eigenvalue weighted by molar-refractivity contribution is 0.215. The fraction of sp³-hybridized carbons (Fsp3) is 0.833. The Balaban J connectivity index is 2.08. The van der Waals surface area contributed by atoms with E-state index >= 15 is 0 Å². The summed E-state index contributed by atoms with van der Waals surface area (Å²) < 4.78 is 0. The van der Waals surface area contributed by atoms with Crippen LogP contribution in [-0.2, 0) is 0 Å². The van der Waals surface area contributed by atoms with Gasteiger partial charge in [0.25, 0.3) is 0 Å². The lowest BCUT2D eigenvalue weighted by Crippen LogP contribution is -2.32. The molecule has 0 aromatic carbocycles. The molecule has 4 heteroatoms. The van der Waals surface area contributed by atoms with Crippen molar-refractivity contribution < 1.29 is 5.11 Å². The van der Waals surface area contributed by atoms with Crippen molar-refractivity contribution in [2.75, 3.05) is 45.1 Å². The molecule has 0 atom stereocenters. The lowest BCUT2D eigenvalue weighted by Gasteiger charge is -2.24. The van der Waals surface area contributed by atoms with Gasteiger partial charge in [-0.2, -0.15) is 11.8 Å². The summed E-state index contributed by atoms with van der Waals surface area (Å²) in [6, 6.07) is 0. The van der Waals surface area contributed by atoms with Crippen LogP contribution in [0.1, 0.15) is 12.8 Å². The van der Waals surface area contributed by atoms with E-state index in [9.17, 15) is 0 Å². The summed E-state index contributed by atoms with van der Waals surface area (Å²) >= 11 is 2.08. The zero-order valence-corrected chi connectivity index (χ0v) is 10.8. The summed E-state index contributed by atoms with van der Waals surface area (Å²) in [6.07, 6.45) is 4.50. The van der Waals surface area contributed by atoms with E-state index in [0.29, 0.717) is 0 Å². The number of aliphatic hydroxyl groups is 1. The third-order valence-electron chi connectivity index (χ3n) is 2.85. The second-order valence-corrected chi connectivity index (χ2v) is 5.54. The van der Waals surface area contributed by atoms with Crippen molar-refractivity contribution in [1.82, 2.24) is 10.2 Å². The smallest absolute Gasteiger partial charge is 0.0558 e. The fourth-order valence-corrected chi connectivity index (χ4v) is 3.19. The predicted octanol–water partition coefficient (Wildman–Crippen LogP) is 0.952. The van der Waals surface area contributed by atoms with Gasteiger partial charge in [0.15, 0.2) is 0 Å². The average molecular weight is 244 g/mol. The molecule has 0 saturated carbocycles. The largest absolute Gasteiger partial charge is 0.395 e. The highest BCUT2D eigenvalue weighted by molar-refractivity contribution is 7.99. The van der Waals surface area contributed by atoms with Gasteiger partial charge in [0, 0.05) is 30.6 Å². The normalized spacial score (nSPS) is 17.9. The first-order valence-corrected chi connectivity index (χ1v) is 7.18. The van der Waals surface area contributed by atoms with E-state index in [4.69, 9.17) is 5.11 Å². The summed E-state index contributed by atoms with van der Waals surface area (Å²) in [5.74, 6) is 1.17. The number of hydrogen-bond acceptors (Lipinski definition) is 4. The van der Waals surface area contributed by atoms with Gasteiger partial charge in [-0.05, 0) is 25.9 Å². The topological polar surface area (TPSA) is 35.5 Å². The van der Waals surface area contributed by atoms with Gasteiger partial charge in [0.2, 0.25) is 0 Å². The maximum Gasteiger partial charge on any atom is 0.0558 e. The van der Waals surface area contributed by atoms with Crippen LogP contribution in [0.2, 0.25) is 0 Å². The summed E-state index contributed by atoms with van der Waals surface area (Å²) in [6.45, 7) is 9.03.